The molecule has 0 aliphatic carbocycles. The number of aromatic nitrogens is 1. The van der Waals surface area contributed by atoms with Crippen molar-refractivity contribution >= 4 is 38.0 Å². The van der Waals surface area contributed by atoms with Gasteiger partial charge in [0.05, 0.1) is 10.4 Å². The molecule has 0 aliphatic heterocycles. The fraction of sp³-hybridized carbons (Fsp3) is 0. The van der Waals surface area contributed by atoms with E-state index in [4.69, 9.17) is 0 Å². The minimum atomic E-state index is -0.367. The van der Waals surface area contributed by atoms with Crippen LogP contribution in [0.15, 0.2) is 60.8 Å². The van der Waals surface area contributed by atoms with Crippen LogP contribution in [-0.4, -0.2) is 9.91 Å². The summed E-state index contributed by atoms with van der Waals surface area (Å²) >= 11 is 1.64. The molecule has 0 aliphatic rings. The van der Waals surface area contributed by atoms with Gasteiger partial charge in [0, 0.05) is 38.7 Å². The molecule has 0 fully saturated rings. The number of fused-ring (bicyclic) bond motifs is 3. The summed E-state index contributed by atoms with van der Waals surface area (Å²) < 4.78 is 1.16. The first-order chi connectivity index (χ1) is 10.7. The molecule has 106 valence electrons. The first-order valence-electron chi connectivity index (χ1n) is 6.74. The van der Waals surface area contributed by atoms with Gasteiger partial charge in [0.1, 0.15) is 0 Å². The van der Waals surface area contributed by atoms with Crippen LogP contribution in [-0.2, 0) is 0 Å². The van der Waals surface area contributed by atoms with E-state index in [1.54, 1.807) is 23.5 Å². The van der Waals surface area contributed by atoms with E-state index in [2.05, 4.69) is 11.1 Å². The van der Waals surface area contributed by atoms with Gasteiger partial charge in [0.15, 0.2) is 0 Å². The Bertz CT molecular complexity index is 1020. The largest absolute Gasteiger partial charge is 0.270 e. The zero-order valence-corrected chi connectivity index (χ0v) is 12.2. The van der Waals surface area contributed by atoms with Gasteiger partial charge in [-0.25, -0.2) is 0 Å². The summed E-state index contributed by atoms with van der Waals surface area (Å²) in [6, 6.07) is 16.8. The van der Waals surface area contributed by atoms with Gasteiger partial charge in [-0.2, -0.15) is 0 Å². The Morgan fingerprint density at radius 3 is 2.77 bits per heavy atom. The highest BCUT2D eigenvalue weighted by Crippen LogP contribution is 2.37. The highest BCUT2D eigenvalue weighted by Gasteiger charge is 2.11. The van der Waals surface area contributed by atoms with Crippen molar-refractivity contribution in [1.82, 2.24) is 4.98 Å². The van der Waals surface area contributed by atoms with Crippen molar-refractivity contribution in [2.45, 2.75) is 0 Å². The maximum atomic E-state index is 10.9. The van der Waals surface area contributed by atoms with E-state index < -0.39 is 0 Å². The molecule has 5 heteroatoms. The van der Waals surface area contributed by atoms with E-state index in [9.17, 15) is 10.1 Å². The van der Waals surface area contributed by atoms with E-state index in [-0.39, 0.29) is 10.6 Å². The van der Waals surface area contributed by atoms with Crippen molar-refractivity contribution in [3.05, 3.63) is 70.9 Å². The molecule has 0 amide bonds. The number of nitrogens with zero attached hydrogens (tertiary/aromatic N) is 2. The number of nitro groups is 1. The number of pyridine rings is 1. The number of benzene rings is 2. The Balaban J connectivity index is 1.95. The molecule has 4 nitrogen and oxygen atoms in total. The van der Waals surface area contributed by atoms with E-state index >= 15 is 0 Å². The highest BCUT2D eigenvalue weighted by molar-refractivity contribution is 7.23. The maximum absolute atomic E-state index is 10.9. The Kier molecular flexibility index (Phi) is 2.87. The van der Waals surface area contributed by atoms with Crippen molar-refractivity contribution in [2.24, 2.45) is 0 Å². The molecular weight excluding hydrogens is 296 g/mol. The van der Waals surface area contributed by atoms with Crippen molar-refractivity contribution in [1.29, 1.82) is 0 Å². The van der Waals surface area contributed by atoms with Gasteiger partial charge < -0.3 is 0 Å². The predicted octanol–water partition coefficient (Wildman–Crippen LogP) is 5.02. The molecule has 0 atom stereocenters. The summed E-state index contributed by atoms with van der Waals surface area (Å²) in [4.78, 5) is 16.0. The van der Waals surface area contributed by atoms with Crippen molar-refractivity contribution in [2.75, 3.05) is 0 Å². The summed E-state index contributed by atoms with van der Waals surface area (Å²) in [5.74, 6) is 0. The second kappa shape index (κ2) is 4.89. The number of rotatable bonds is 2. The number of nitro benzene ring substituents is 1. The van der Waals surface area contributed by atoms with E-state index in [1.807, 2.05) is 36.5 Å². The van der Waals surface area contributed by atoms with Crippen molar-refractivity contribution < 1.29 is 4.92 Å². The van der Waals surface area contributed by atoms with Crippen LogP contribution in [0.5, 0.6) is 0 Å². The van der Waals surface area contributed by atoms with E-state index in [0.717, 1.165) is 31.4 Å². The molecule has 4 aromatic rings. The van der Waals surface area contributed by atoms with Gasteiger partial charge in [0.2, 0.25) is 0 Å². The Hall–Kier alpha value is -2.79. The van der Waals surface area contributed by atoms with Crippen LogP contribution in [0.1, 0.15) is 0 Å². The van der Waals surface area contributed by atoms with Crippen LogP contribution < -0.4 is 0 Å². The molecule has 22 heavy (non-hydrogen) atoms. The second-order valence-electron chi connectivity index (χ2n) is 4.98. The minimum Gasteiger partial charge on any atom is -0.258 e. The number of non-ortho nitro benzene ring substituents is 1. The lowest BCUT2D eigenvalue weighted by Crippen LogP contribution is -1.87. The lowest BCUT2D eigenvalue weighted by molar-refractivity contribution is -0.384. The first-order valence-corrected chi connectivity index (χ1v) is 7.56. The average molecular weight is 306 g/mol. The van der Waals surface area contributed by atoms with Gasteiger partial charge in [-0.15, -0.1) is 11.3 Å². The number of hydrogen-bond acceptors (Lipinski definition) is 4. The average Bonchev–Trinajstić information content (AvgIpc) is 2.99. The fourth-order valence-electron chi connectivity index (χ4n) is 2.54. The molecule has 0 spiro atoms. The van der Waals surface area contributed by atoms with Gasteiger partial charge >= 0.3 is 0 Å². The molecule has 0 radical (unpaired) electrons. The summed E-state index contributed by atoms with van der Waals surface area (Å²) in [7, 11) is 0. The van der Waals surface area contributed by atoms with Crippen molar-refractivity contribution in [3.63, 3.8) is 0 Å². The van der Waals surface area contributed by atoms with Crippen LogP contribution in [0, 0.1) is 10.1 Å². The second-order valence-corrected chi connectivity index (χ2v) is 6.03. The Labute approximate surface area is 129 Å². The maximum Gasteiger partial charge on any atom is 0.270 e. The predicted molar refractivity (Wildman–Crippen MR) is 89.2 cm³/mol. The number of hydrogen-bond donors (Lipinski definition) is 0. The van der Waals surface area contributed by atoms with Gasteiger partial charge in [-0.1, -0.05) is 30.3 Å². The molecule has 2 heterocycles. The fourth-order valence-corrected chi connectivity index (χ4v) is 3.71. The third-order valence-corrected chi connectivity index (χ3v) is 4.83. The summed E-state index contributed by atoms with van der Waals surface area (Å²) in [5.41, 5.74) is 1.93. The molecule has 0 N–H and O–H groups in total. The van der Waals surface area contributed by atoms with Crippen molar-refractivity contribution in [3.8, 4) is 10.4 Å². The topological polar surface area (TPSA) is 56.0 Å². The molecule has 2 aromatic carbocycles. The molecule has 0 unspecified atom stereocenters. The molecule has 0 saturated carbocycles. The monoisotopic (exact) mass is 306 g/mol. The number of thiophene rings is 1. The summed E-state index contributed by atoms with van der Waals surface area (Å²) in [5, 5.41) is 13.1. The quantitative estimate of drug-likeness (QED) is 0.386. The molecule has 0 saturated heterocycles. The van der Waals surface area contributed by atoms with Crippen LogP contribution in [0.25, 0.3) is 31.4 Å². The van der Waals surface area contributed by atoms with Gasteiger partial charge in [-0.3, -0.25) is 15.1 Å². The van der Waals surface area contributed by atoms with Crippen LogP contribution in [0.2, 0.25) is 0 Å². The van der Waals surface area contributed by atoms with Crippen LogP contribution in [0.4, 0.5) is 5.69 Å². The normalized spacial score (nSPS) is 11.1. The molecule has 4 rings (SSSR count). The Morgan fingerprint density at radius 1 is 1.05 bits per heavy atom. The standard InChI is InChI=1S/C17H10N2O2S/c20-19(21)13-5-3-4-11(8-13)16-9-12-10-18-15-7-2-1-6-14(15)17(12)22-16/h1-10H. The number of para-hydroxylation sites is 1. The zero-order valence-electron chi connectivity index (χ0n) is 11.4. The van der Waals surface area contributed by atoms with Crippen LogP contribution in [0.3, 0.4) is 0 Å². The third-order valence-electron chi connectivity index (χ3n) is 3.59. The zero-order chi connectivity index (χ0) is 15.1. The van der Waals surface area contributed by atoms with Gasteiger partial charge in [-0.05, 0) is 17.7 Å². The van der Waals surface area contributed by atoms with E-state index in [1.165, 1.54) is 6.07 Å². The minimum absolute atomic E-state index is 0.109. The van der Waals surface area contributed by atoms with E-state index in [0.29, 0.717) is 0 Å². The third kappa shape index (κ3) is 2.03. The lowest BCUT2D eigenvalue weighted by atomic mass is 10.1. The SMILES string of the molecule is O=[N+]([O-])c1cccc(-c2cc3cnc4ccccc4c3s2)c1. The Morgan fingerprint density at radius 2 is 1.91 bits per heavy atom. The van der Waals surface area contributed by atoms with Gasteiger partial charge in [0.25, 0.3) is 5.69 Å². The summed E-state index contributed by atoms with van der Waals surface area (Å²) in [6.07, 6.45) is 1.86. The van der Waals surface area contributed by atoms with Crippen LogP contribution >= 0.6 is 11.3 Å². The molecular formula is C17H10N2O2S. The smallest absolute Gasteiger partial charge is 0.258 e. The molecule has 0 bridgehead atoms. The summed E-state index contributed by atoms with van der Waals surface area (Å²) in [6.45, 7) is 0. The lowest BCUT2D eigenvalue weighted by Gasteiger charge is -1.97. The molecule has 2 aromatic heterocycles. The first kappa shape index (κ1) is 12.9. The highest BCUT2D eigenvalue weighted by atomic mass is 32.1.